The number of rotatable bonds is 2. The molecule has 0 saturated carbocycles. The van der Waals surface area contributed by atoms with Crippen LogP contribution in [0.1, 0.15) is 22.8 Å². The molecule has 1 aromatic rings. The van der Waals surface area contributed by atoms with Gasteiger partial charge < -0.3 is 10.8 Å². The molecule has 0 aliphatic heterocycles. The molecule has 2 atom stereocenters. The van der Waals surface area contributed by atoms with Crippen molar-refractivity contribution in [2.24, 2.45) is 5.73 Å². The first-order valence-electron chi connectivity index (χ1n) is 3.61. The summed E-state index contributed by atoms with van der Waals surface area (Å²) in [6.45, 7) is 3.82. The first-order chi connectivity index (χ1) is 5.11. The fourth-order valence-electron chi connectivity index (χ4n) is 0.871. The van der Waals surface area contributed by atoms with Crippen molar-refractivity contribution in [3.8, 4) is 0 Å². The summed E-state index contributed by atoms with van der Waals surface area (Å²) < 4.78 is 0. The lowest BCUT2D eigenvalue weighted by molar-refractivity contribution is 0.157. The van der Waals surface area contributed by atoms with Gasteiger partial charge in [0.2, 0.25) is 0 Å². The van der Waals surface area contributed by atoms with Crippen molar-refractivity contribution in [2.45, 2.75) is 26.0 Å². The van der Waals surface area contributed by atoms with Gasteiger partial charge in [-0.15, -0.1) is 11.3 Å². The highest BCUT2D eigenvalue weighted by Crippen LogP contribution is 2.23. The molecule has 0 saturated heterocycles. The van der Waals surface area contributed by atoms with Gasteiger partial charge in [0.1, 0.15) is 6.10 Å². The van der Waals surface area contributed by atoms with Crippen LogP contribution in [0.4, 0.5) is 0 Å². The molecule has 0 aromatic carbocycles. The summed E-state index contributed by atoms with van der Waals surface area (Å²) in [6.07, 6.45) is -0.506. The summed E-state index contributed by atoms with van der Waals surface area (Å²) in [4.78, 5) is 2.16. The number of hydrogen-bond acceptors (Lipinski definition) is 3. The van der Waals surface area contributed by atoms with Crippen LogP contribution in [0.15, 0.2) is 12.1 Å². The van der Waals surface area contributed by atoms with E-state index in [4.69, 9.17) is 5.73 Å². The van der Waals surface area contributed by atoms with Crippen LogP contribution in [0, 0.1) is 6.92 Å². The molecule has 0 bridgehead atoms. The highest BCUT2D eigenvalue weighted by Gasteiger charge is 2.13. The predicted octanol–water partition coefficient (Wildman–Crippen LogP) is 1.44. The maximum Gasteiger partial charge on any atom is 0.103 e. The van der Waals surface area contributed by atoms with E-state index in [1.165, 1.54) is 4.88 Å². The average molecular weight is 171 g/mol. The van der Waals surface area contributed by atoms with Crippen LogP contribution < -0.4 is 5.73 Å². The van der Waals surface area contributed by atoms with Crippen LogP contribution in [-0.4, -0.2) is 11.1 Å². The van der Waals surface area contributed by atoms with Gasteiger partial charge in [-0.3, -0.25) is 0 Å². The molecule has 1 rings (SSSR count). The fraction of sp³-hybridized carbons (Fsp3) is 0.500. The molecule has 0 aliphatic carbocycles. The number of thiophene rings is 1. The summed E-state index contributed by atoms with van der Waals surface area (Å²) in [6, 6.07) is 3.73. The molecule has 1 heterocycles. The Morgan fingerprint density at radius 2 is 2.18 bits per heavy atom. The van der Waals surface area contributed by atoms with Gasteiger partial charge in [-0.25, -0.2) is 0 Å². The van der Waals surface area contributed by atoms with Crippen molar-refractivity contribution in [2.75, 3.05) is 0 Å². The molecular formula is C8H13NOS. The first kappa shape index (κ1) is 8.71. The second kappa shape index (κ2) is 3.34. The minimum atomic E-state index is -0.506. The Hall–Kier alpha value is -0.380. The van der Waals surface area contributed by atoms with E-state index in [0.29, 0.717) is 0 Å². The van der Waals surface area contributed by atoms with Crippen molar-refractivity contribution in [3.05, 3.63) is 21.9 Å². The molecule has 1 aromatic heterocycles. The van der Waals surface area contributed by atoms with Gasteiger partial charge in [-0.05, 0) is 26.0 Å². The van der Waals surface area contributed by atoms with Crippen LogP contribution in [0.2, 0.25) is 0 Å². The van der Waals surface area contributed by atoms with Gasteiger partial charge in [0, 0.05) is 15.8 Å². The lowest BCUT2D eigenvalue weighted by atomic mass is 10.2. The quantitative estimate of drug-likeness (QED) is 0.707. The number of aliphatic hydroxyl groups is 1. The largest absolute Gasteiger partial charge is 0.386 e. The molecule has 11 heavy (non-hydrogen) atoms. The third kappa shape index (κ3) is 2.02. The number of nitrogens with two attached hydrogens (primary N) is 1. The molecule has 0 amide bonds. The Kier molecular flexibility index (Phi) is 2.65. The van der Waals surface area contributed by atoms with E-state index >= 15 is 0 Å². The Morgan fingerprint density at radius 3 is 2.55 bits per heavy atom. The van der Waals surface area contributed by atoms with Gasteiger partial charge in [-0.2, -0.15) is 0 Å². The Balaban J connectivity index is 2.76. The minimum absolute atomic E-state index is 0.187. The zero-order valence-electron chi connectivity index (χ0n) is 6.74. The van der Waals surface area contributed by atoms with Crippen LogP contribution >= 0.6 is 11.3 Å². The van der Waals surface area contributed by atoms with Crippen LogP contribution in [0.25, 0.3) is 0 Å². The Morgan fingerprint density at radius 1 is 1.55 bits per heavy atom. The number of aliphatic hydroxyl groups excluding tert-OH is 1. The predicted molar refractivity (Wildman–Crippen MR) is 47.7 cm³/mol. The van der Waals surface area contributed by atoms with Gasteiger partial charge in [0.05, 0.1) is 0 Å². The molecule has 0 fully saturated rings. The normalized spacial score (nSPS) is 16.4. The number of hydrogen-bond donors (Lipinski definition) is 2. The standard InChI is InChI=1S/C8H13NOS/c1-5-3-4-7(11-5)8(10)6(2)9/h3-4,6,8,10H,9H2,1-2H3. The minimum Gasteiger partial charge on any atom is -0.386 e. The van der Waals surface area contributed by atoms with Crippen LogP contribution in [0.3, 0.4) is 0 Å². The lowest BCUT2D eigenvalue weighted by Crippen LogP contribution is -2.23. The maximum absolute atomic E-state index is 9.50. The zero-order chi connectivity index (χ0) is 8.43. The van der Waals surface area contributed by atoms with E-state index < -0.39 is 6.10 Å². The van der Waals surface area contributed by atoms with E-state index in [-0.39, 0.29) is 6.04 Å². The van der Waals surface area contributed by atoms with Gasteiger partial charge in [0.15, 0.2) is 0 Å². The van der Waals surface area contributed by atoms with Crippen LogP contribution in [-0.2, 0) is 0 Å². The highest BCUT2D eigenvalue weighted by atomic mass is 32.1. The molecule has 3 heteroatoms. The van der Waals surface area contributed by atoms with Gasteiger partial charge in [-0.1, -0.05) is 0 Å². The van der Waals surface area contributed by atoms with E-state index in [1.54, 1.807) is 18.3 Å². The molecule has 0 aliphatic rings. The van der Waals surface area contributed by atoms with Crippen LogP contribution in [0.5, 0.6) is 0 Å². The Bertz CT molecular complexity index is 232. The first-order valence-corrected chi connectivity index (χ1v) is 4.43. The SMILES string of the molecule is Cc1ccc(C(O)C(C)N)s1. The average Bonchev–Trinajstić information content (AvgIpc) is 2.34. The van der Waals surface area contributed by atoms with E-state index in [0.717, 1.165) is 4.88 Å². The van der Waals surface area contributed by atoms with Crippen molar-refractivity contribution >= 4 is 11.3 Å². The van der Waals surface area contributed by atoms with E-state index in [2.05, 4.69) is 0 Å². The maximum atomic E-state index is 9.50. The molecule has 0 spiro atoms. The van der Waals surface area contributed by atoms with Crippen molar-refractivity contribution < 1.29 is 5.11 Å². The third-order valence-corrected chi connectivity index (χ3v) is 2.62. The lowest BCUT2D eigenvalue weighted by Gasteiger charge is -2.11. The molecule has 2 nitrogen and oxygen atoms in total. The summed E-state index contributed by atoms with van der Waals surface area (Å²) in [5.74, 6) is 0. The van der Waals surface area contributed by atoms with Gasteiger partial charge in [0.25, 0.3) is 0 Å². The summed E-state index contributed by atoms with van der Waals surface area (Å²) in [7, 11) is 0. The zero-order valence-corrected chi connectivity index (χ0v) is 7.56. The topological polar surface area (TPSA) is 46.2 Å². The van der Waals surface area contributed by atoms with E-state index in [9.17, 15) is 5.11 Å². The molecule has 3 N–H and O–H groups in total. The second-order valence-electron chi connectivity index (χ2n) is 2.75. The smallest absolute Gasteiger partial charge is 0.103 e. The fourth-order valence-corrected chi connectivity index (χ4v) is 1.85. The Labute approximate surface area is 70.7 Å². The summed E-state index contributed by atoms with van der Waals surface area (Å²) in [5.41, 5.74) is 5.53. The third-order valence-electron chi connectivity index (χ3n) is 1.55. The molecule has 62 valence electrons. The van der Waals surface area contributed by atoms with Gasteiger partial charge >= 0.3 is 0 Å². The summed E-state index contributed by atoms with van der Waals surface area (Å²) in [5, 5.41) is 9.50. The van der Waals surface area contributed by atoms with E-state index in [1.807, 2.05) is 19.1 Å². The molecular weight excluding hydrogens is 158 g/mol. The second-order valence-corrected chi connectivity index (χ2v) is 4.07. The highest BCUT2D eigenvalue weighted by molar-refractivity contribution is 7.12. The van der Waals surface area contributed by atoms with Crippen molar-refractivity contribution in [1.82, 2.24) is 0 Å². The van der Waals surface area contributed by atoms with Crippen molar-refractivity contribution in [3.63, 3.8) is 0 Å². The summed E-state index contributed by atoms with van der Waals surface area (Å²) >= 11 is 1.59. The monoisotopic (exact) mass is 171 g/mol. The molecule has 0 radical (unpaired) electrons. The van der Waals surface area contributed by atoms with Crippen molar-refractivity contribution in [1.29, 1.82) is 0 Å². The molecule has 2 unspecified atom stereocenters. The number of aryl methyl sites for hydroxylation is 1.